The van der Waals surface area contributed by atoms with Crippen molar-refractivity contribution in [2.24, 2.45) is 0 Å². The number of rotatable bonds is 5. The highest BCUT2D eigenvalue weighted by molar-refractivity contribution is 6.35. The zero-order chi connectivity index (χ0) is 15.2. The van der Waals surface area contributed by atoms with Crippen LogP contribution in [-0.2, 0) is 4.79 Å². The second-order valence-electron chi connectivity index (χ2n) is 3.97. The fourth-order valence-corrected chi connectivity index (χ4v) is 2.02. The van der Waals surface area contributed by atoms with Crippen molar-refractivity contribution < 1.29 is 14.3 Å². The predicted octanol–water partition coefficient (Wildman–Crippen LogP) is 3.41. The van der Waals surface area contributed by atoms with Crippen LogP contribution >= 0.6 is 23.2 Å². The first-order valence-electron chi connectivity index (χ1n) is 5.97. The molecule has 1 amide bonds. The first-order valence-corrected chi connectivity index (χ1v) is 6.72. The number of halogens is 2. The van der Waals surface area contributed by atoms with E-state index in [0.29, 0.717) is 27.4 Å². The van der Waals surface area contributed by atoms with Gasteiger partial charge in [-0.25, -0.2) is 4.98 Å². The normalized spacial score (nSPS) is 10.0. The number of pyridine rings is 1. The molecule has 5 nitrogen and oxygen atoms in total. The van der Waals surface area contributed by atoms with Crippen molar-refractivity contribution in [3.8, 4) is 11.5 Å². The van der Waals surface area contributed by atoms with Gasteiger partial charge in [0.2, 0.25) is 0 Å². The Labute approximate surface area is 131 Å². The van der Waals surface area contributed by atoms with E-state index in [2.05, 4.69) is 10.3 Å². The van der Waals surface area contributed by atoms with Crippen molar-refractivity contribution in [3.63, 3.8) is 0 Å². The molecular formula is C14H12Cl2N2O3. The lowest BCUT2D eigenvalue weighted by Crippen LogP contribution is -2.21. The van der Waals surface area contributed by atoms with E-state index in [0.717, 1.165) is 0 Å². The van der Waals surface area contributed by atoms with Gasteiger partial charge in [0.25, 0.3) is 5.91 Å². The Balaban J connectivity index is 1.96. The molecule has 0 saturated carbocycles. The summed E-state index contributed by atoms with van der Waals surface area (Å²) in [6, 6.07) is 8.16. The molecule has 1 N–H and O–H groups in total. The molecule has 1 aromatic carbocycles. The molecule has 0 radical (unpaired) electrons. The third kappa shape index (κ3) is 4.24. The highest BCUT2D eigenvalue weighted by Gasteiger charge is 2.10. The molecule has 1 heterocycles. The van der Waals surface area contributed by atoms with E-state index in [9.17, 15) is 4.79 Å². The van der Waals surface area contributed by atoms with Crippen LogP contribution in [0, 0.1) is 0 Å². The molecule has 0 saturated heterocycles. The predicted molar refractivity (Wildman–Crippen MR) is 81.4 cm³/mol. The van der Waals surface area contributed by atoms with E-state index in [-0.39, 0.29) is 12.5 Å². The first kappa shape index (κ1) is 15.4. The van der Waals surface area contributed by atoms with Crippen LogP contribution in [-0.4, -0.2) is 24.6 Å². The molecule has 0 aliphatic heterocycles. The third-order valence-corrected chi connectivity index (χ3v) is 3.03. The average molecular weight is 327 g/mol. The molecule has 0 spiro atoms. The Morgan fingerprint density at radius 3 is 2.81 bits per heavy atom. The number of methoxy groups -OCH3 is 1. The molecule has 0 atom stereocenters. The van der Waals surface area contributed by atoms with Crippen LogP contribution in [0.1, 0.15) is 0 Å². The fraction of sp³-hybridized carbons (Fsp3) is 0.143. The molecule has 2 aromatic rings. The van der Waals surface area contributed by atoms with Crippen molar-refractivity contribution in [2.75, 3.05) is 19.0 Å². The molecule has 2 rings (SSSR count). The SMILES string of the molecule is COc1cccnc1NC(=O)COc1ccc(Cl)cc1Cl. The maximum absolute atomic E-state index is 11.8. The number of carbonyl (C=O) groups excluding carboxylic acids is 1. The molecule has 0 unspecified atom stereocenters. The maximum Gasteiger partial charge on any atom is 0.263 e. The second kappa shape index (κ2) is 7.15. The third-order valence-electron chi connectivity index (χ3n) is 2.50. The standard InChI is InChI=1S/C14H12Cl2N2O3/c1-20-12-3-2-6-17-14(12)18-13(19)8-21-11-5-4-9(15)7-10(11)16/h2-7H,8H2,1H3,(H,17,18,19). The number of nitrogens with zero attached hydrogens (tertiary/aromatic N) is 1. The van der Waals surface area contributed by atoms with E-state index in [1.54, 1.807) is 30.5 Å². The summed E-state index contributed by atoms with van der Waals surface area (Å²) >= 11 is 11.7. The van der Waals surface area contributed by atoms with Gasteiger partial charge in [-0.1, -0.05) is 23.2 Å². The second-order valence-corrected chi connectivity index (χ2v) is 4.81. The minimum Gasteiger partial charge on any atom is -0.493 e. The van der Waals surface area contributed by atoms with Gasteiger partial charge in [-0.05, 0) is 30.3 Å². The maximum atomic E-state index is 11.8. The largest absolute Gasteiger partial charge is 0.493 e. The number of benzene rings is 1. The number of carbonyl (C=O) groups is 1. The van der Waals surface area contributed by atoms with Crippen LogP contribution in [0.2, 0.25) is 10.0 Å². The molecule has 0 aliphatic rings. The summed E-state index contributed by atoms with van der Waals surface area (Å²) in [5, 5.41) is 3.43. The molecular weight excluding hydrogens is 315 g/mol. The number of nitrogens with one attached hydrogen (secondary N) is 1. The van der Waals surface area contributed by atoms with Gasteiger partial charge in [0, 0.05) is 11.2 Å². The van der Waals surface area contributed by atoms with E-state index >= 15 is 0 Å². The lowest BCUT2D eigenvalue weighted by atomic mass is 10.3. The van der Waals surface area contributed by atoms with E-state index in [1.807, 2.05) is 0 Å². The molecule has 1 aromatic heterocycles. The average Bonchev–Trinajstić information content (AvgIpc) is 2.47. The Bertz CT molecular complexity index is 650. The number of aromatic nitrogens is 1. The number of anilines is 1. The topological polar surface area (TPSA) is 60.5 Å². The summed E-state index contributed by atoms with van der Waals surface area (Å²) in [7, 11) is 1.50. The van der Waals surface area contributed by atoms with Crippen LogP contribution in [0.25, 0.3) is 0 Å². The van der Waals surface area contributed by atoms with Crippen LogP contribution in [0.15, 0.2) is 36.5 Å². The smallest absolute Gasteiger partial charge is 0.263 e. The quantitative estimate of drug-likeness (QED) is 0.914. The van der Waals surface area contributed by atoms with E-state index in [1.165, 1.54) is 13.2 Å². The van der Waals surface area contributed by atoms with Crippen LogP contribution in [0.5, 0.6) is 11.5 Å². The molecule has 0 fully saturated rings. The van der Waals surface area contributed by atoms with E-state index < -0.39 is 0 Å². The Kier molecular flexibility index (Phi) is 5.25. The monoisotopic (exact) mass is 326 g/mol. The van der Waals surface area contributed by atoms with Gasteiger partial charge in [0.05, 0.1) is 12.1 Å². The Morgan fingerprint density at radius 2 is 2.10 bits per heavy atom. The summed E-state index contributed by atoms with van der Waals surface area (Å²) < 4.78 is 10.4. The van der Waals surface area contributed by atoms with Gasteiger partial charge in [0.1, 0.15) is 5.75 Å². The van der Waals surface area contributed by atoms with Crippen LogP contribution in [0.3, 0.4) is 0 Å². The van der Waals surface area contributed by atoms with Crippen molar-refractivity contribution in [1.82, 2.24) is 4.98 Å². The molecule has 0 aliphatic carbocycles. The molecule has 7 heteroatoms. The lowest BCUT2D eigenvalue weighted by Gasteiger charge is -2.10. The van der Waals surface area contributed by atoms with Gasteiger partial charge in [-0.3, -0.25) is 4.79 Å². The first-order chi connectivity index (χ1) is 10.1. The van der Waals surface area contributed by atoms with Crippen molar-refractivity contribution in [3.05, 3.63) is 46.6 Å². The van der Waals surface area contributed by atoms with Gasteiger partial charge in [-0.2, -0.15) is 0 Å². The van der Waals surface area contributed by atoms with Gasteiger partial charge >= 0.3 is 0 Å². The number of ether oxygens (including phenoxy) is 2. The highest BCUT2D eigenvalue weighted by Crippen LogP contribution is 2.27. The highest BCUT2D eigenvalue weighted by atomic mass is 35.5. The van der Waals surface area contributed by atoms with Crippen molar-refractivity contribution in [2.45, 2.75) is 0 Å². The Hall–Kier alpha value is -1.98. The zero-order valence-electron chi connectivity index (χ0n) is 11.1. The molecule has 110 valence electrons. The summed E-state index contributed by atoms with van der Waals surface area (Å²) in [4.78, 5) is 15.8. The minimum absolute atomic E-state index is 0.207. The van der Waals surface area contributed by atoms with Crippen molar-refractivity contribution >= 4 is 34.9 Å². The molecule has 0 bridgehead atoms. The lowest BCUT2D eigenvalue weighted by molar-refractivity contribution is -0.118. The number of amides is 1. The van der Waals surface area contributed by atoms with Gasteiger partial charge < -0.3 is 14.8 Å². The van der Waals surface area contributed by atoms with Crippen LogP contribution < -0.4 is 14.8 Å². The molecule has 21 heavy (non-hydrogen) atoms. The van der Waals surface area contributed by atoms with Crippen molar-refractivity contribution in [1.29, 1.82) is 0 Å². The number of hydrogen-bond acceptors (Lipinski definition) is 4. The Morgan fingerprint density at radius 1 is 1.29 bits per heavy atom. The summed E-state index contributed by atoms with van der Waals surface area (Å²) in [6.07, 6.45) is 1.55. The summed E-state index contributed by atoms with van der Waals surface area (Å²) in [5.74, 6) is 0.799. The summed E-state index contributed by atoms with van der Waals surface area (Å²) in [5.41, 5.74) is 0. The minimum atomic E-state index is -0.377. The zero-order valence-corrected chi connectivity index (χ0v) is 12.6. The van der Waals surface area contributed by atoms with Crippen LogP contribution in [0.4, 0.5) is 5.82 Å². The van der Waals surface area contributed by atoms with Gasteiger partial charge in [0.15, 0.2) is 18.2 Å². The van der Waals surface area contributed by atoms with E-state index in [4.69, 9.17) is 32.7 Å². The number of hydrogen-bond donors (Lipinski definition) is 1. The fourth-order valence-electron chi connectivity index (χ4n) is 1.55. The van der Waals surface area contributed by atoms with Gasteiger partial charge in [-0.15, -0.1) is 0 Å². The summed E-state index contributed by atoms with van der Waals surface area (Å²) in [6.45, 7) is -0.207.